The molecule has 0 aliphatic rings. The van der Waals surface area contributed by atoms with Crippen LogP contribution in [0.3, 0.4) is 0 Å². The number of aromatic nitrogens is 1. The zero-order valence-electron chi connectivity index (χ0n) is 16.7. The lowest BCUT2D eigenvalue weighted by molar-refractivity contribution is 0.0383. The molecule has 1 aromatic carbocycles. The van der Waals surface area contributed by atoms with Crippen LogP contribution in [0, 0.1) is 25.2 Å². The van der Waals surface area contributed by atoms with Gasteiger partial charge in [0.05, 0.1) is 16.7 Å². The van der Waals surface area contributed by atoms with Crippen molar-refractivity contribution in [3.8, 4) is 17.3 Å². The molecule has 1 amide bonds. The number of carbonyl (C=O) groups excluding carboxylic acids is 2. The van der Waals surface area contributed by atoms with E-state index in [1.165, 1.54) is 0 Å². The molecule has 3 aromatic rings. The third kappa shape index (κ3) is 4.08. The van der Waals surface area contributed by atoms with E-state index in [1.807, 2.05) is 6.07 Å². The average molecular weight is 444 g/mol. The molecule has 154 valence electrons. The Bertz CT molecular complexity index is 1170. The standard InChI is InChI=1S/C21H18ClN3O4S/c1-10(2)28-21(27)18-11(3)14(9-23)20(30-18)24-19(26)16-12(4)29-25-17(16)13-7-5-6-8-15(13)22/h5-8,10H,1-4H3,(H,24,26). The van der Waals surface area contributed by atoms with E-state index < -0.39 is 11.9 Å². The molecule has 2 aromatic heterocycles. The van der Waals surface area contributed by atoms with Gasteiger partial charge in [0.1, 0.15) is 33.0 Å². The number of benzene rings is 1. The number of nitrogens with one attached hydrogen (secondary N) is 1. The van der Waals surface area contributed by atoms with Gasteiger partial charge >= 0.3 is 5.97 Å². The first-order valence-corrected chi connectivity index (χ1v) is 10.2. The molecule has 0 spiro atoms. The summed E-state index contributed by atoms with van der Waals surface area (Å²) >= 11 is 7.24. The summed E-state index contributed by atoms with van der Waals surface area (Å²) in [6, 6.07) is 9.00. The van der Waals surface area contributed by atoms with Crippen LogP contribution < -0.4 is 5.32 Å². The van der Waals surface area contributed by atoms with E-state index in [0.29, 0.717) is 27.6 Å². The first-order valence-electron chi connectivity index (χ1n) is 9.01. The van der Waals surface area contributed by atoms with Crippen LogP contribution in [0.1, 0.15) is 50.8 Å². The first kappa shape index (κ1) is 21.6. The lowest BCUT2D eigenvalue weighted by Gasteiger charge is -2.06. The number of thiophene rings is 1. The minimum Gasteiger partial charge on any atom is -0.459 e. The Labute approximate surface area is 182 Å². The second kappa shape index (κ2) is 8.69. The number of hydrogen-bond acceptors (Lipinski definition) is 7. The second-order valence-electron chi connectivity index (χ2n) is 6.72. The van der Waals surface area contributed by atoms with Crippen molar-refractivity contribution < 1.29 is 18.8 Å². The van der Waals surface area contributed by atoms with Gasteiger partial charge in [0.15, 0.2) is 0 Å². The van der Waals surface area contributed by atoms with Crippen molar-refractivity contribution >= 4 is 39.8 Å². The van der Waals surface area contributed by atoms with Crippen molar-refractivity contribution in [1.82, 2.24) is 5.16 Å². The molecule has 0 saturated heterocycles. The Morgan fingerprint density at radius 1 is 1.30 bits per heavy atom. The Morgan fingerprint density at radius 2 is 2.00 bits per heavy atom. The van der Waals surface area contributed by atoms with Crippen molar-refractivity contribution in [1.29, 1.82) is 5.26 Å². The quantitative estimate of drug-likeness (QED) is 0.532. The maximum absolute atomic E-state index is 13.1. The lowest BCUT2D eigenvalue weighted by atomic mass is 10.1. The summed E-state index contributed by atoms with van der Waals surface area (Å²) in [5, 5.41) is 16.9. The zero-order valence-corrected chi connectivity index (χ0v) is 18.3. The molecule has 0 radical (unpaired) electrons. The van der Waals surface area contributed by atoms with Crippen molar-refractivity contribution in [2.75, 3.05) is 5.32 Å². The van der Waals surface area contributed by atoms with E-state index in [4.69, 9.17) is 20.9 Å². The van der Waals surface area contributed by atoms with Gasteiger partial charge in [-0.25, -0.2) is 4.79 Å². The fraction of sp³-hybridized carbons (Fsp3) is 0.238. The lowest BCUT2D eigenvalue weighted by Crippen LogP contribution is -2.13. The number of aryl methyl sites for hydroxylation is 1. The number of ether oxygens (including phenoxy) is 1. The summed E-state index contributed by atoms with van der Waals surface area (Å²) in [7, 11) is 0. The highest BCUT2D eigenvalue weighted by Gasteiger charge is 2.27. The normalized spacial score (nSPS) is 10.7. The van der Waals surface area contributed by atoms with Crippen LogP contribution in [0.5, 0.6) is 0 Å². The highest BCUT2D eigenvalue weighted by Crippen LogP contribution is 2.35. The molecule has 7 nitrogen and oxygen atoms in total. The topological polar surface area (TPSA) is 105 Å². The van der Waals surface area contributed by atoms with Gasteiger partial charge in [0.2, 0.25) is 0 Å². The fourth-order valence-corrected chi connectivity index (χ4v) is 4.10. The number of carbonyl (C=O) groups is 2. The monoisotopic (exact) mass is 443 g/mol. The molecule has 30 heavy (non-hydrogen) atoms. The van der Waals surface area contributed by atoms with Crippen LogP contribution in [0.4, 0.5) is 5.00 Å². The van der Waals surface area contributed by atoms with Gasteiger partial charge in [-0.3, -0.25) is 4.79 Å². The second-order valence-corrected chi connectivity index (χ2v) is 8.15. The predicted octanol–water partition coefficient (Wildman–Crippen LogP) is 5.36. The molecule has 0 unspecified atom stereocenters. The van der Waals surface area contributed by atoms with E-state index >= 15 is 0 Å². The van der Waals surface area contributed by atoms with E-state index in [1.54, 1.807) is 52.0 Å². The Balaban J connectivity index is 1.99. The highest BCUT2D eigenvalue weighted by molar-refractivity contribution is 7.18. The van der Waals surface area contributed by atoms with E-state index in [9.17, 15) is 14.9 Å². The SMILES string of the molecule is Cc1onc(-c2ccccc2Cl)c1C(=O)Nc1sc(C(=O)OC(C)C)c(C)c1C#N. The number of amides is 1. The van der Waals surface area contributed by atoms with Crippen LogP contribution in [0.15, 0.2) is 28.8 Å². The number of rotatable bonds is 5. The summed E-state index contributed by atoms with van der Waals surface area (Å²) in [6.45, 7) is 6.72. The summed E-state index contributed by atoms with van der Waals surface area (Å²) in [6.07, 6.45) is -0.305. The summed E-state index contributed by atoms with van der Waals surface area (Å²) < 4.78 is 10.5. The Hall–Kier alpha value is -3.15. The largest absolute Gasteiger partial charge is 0.459 e. The fourth-order valence-electron chi connectivity index (χ4n) is 2.84. The van der Waals surface area contributed by atoms with E-state index in [-0.39, 0.29) is 27.1 Å². The Morgan fingerprint density at radius 3 is 2.63 bits per heavy atom. The van der Waals surface area contributed by atoms with Crippen LogP contribution in [-0.2, 0) is 4.74 Å². The molecular weight excluding hydrogens is 426 g/mol. The van der Waals surface area contributed by atoms with Crippen LogP contribution in [-0.4, -0.2) is 23.1 Å². The van der Waals surface area contributed by atoms with Crippen molar-refractivity contribution in [3.05, 3.63) is 56.6 Å². The molecule has 0 aliphatic heterocycles. The number of nitriles is 1. The van der Waals surface area contributed by atoms with Crippen molar-refractivity contribution in [2.24, 2.45) is 0 Å². The summed E-state index contributed by atoms with van der Waals surface area (Å²) in [5.41, 5.74) is 1.70. The molecule has 1 N–H and O–H groups in total. The maximum atomic E-state index is 13.1. The summed E-state index contributed by atoms with van der Waals surface area (Å²) in [4.78, 5) is 25.7. The molecule has 2 heterocycles. The molecule has 0 atom stereocenters. The third-order valence-corrected chi connectivity index (χ3v) is 5.75. The number of anilines is 1. The van der Waals surface area contributed by atoms with Gasteiger partial charge in [-0.05, 0) is 39.3 Å². The molecule has 0 bridgehead atoms. The molecule has 9 heteroatoms. The number of nitrogens with zero attached hydrogens (tertiary/aromatic N) is 2. The van der Waals surface area contributed by atoms with E-state index in [2.05, 4.69) is 10.5 Å². The van der Waals surface area contributed by atoms with Crippen molar-refractivity contribution in [3.63, 3.8) is 0 Å². The molecule has 3 rings (SSSR count). The van der Waals surface area contributed by atoms with Gasteiger partial charge in [0.25, 0.3) is 5.91 Å². The third-order valence-electron chi connectivity index (χ3n) is 4.23. The zero-order chi connectivity index (χ0) is 22.0. The van der Waals surface area contributed by atoms with E-state index in [0.717, 1.165) is 11.3 Å². The minimum atomic E-state index is -0.539. The predicted molar refractivity (Wildman–Crippen MR) is 114 cm³/mol. The van der Waals surface area contributed by atoms with Gasteiger partial charge in [-0.1, -0.05) is 35.0 Å². The van der Waals surface area contributed by atoms with Crippen LogP contribution in [0.2, 0.25) is 5.02 Å². The van der Waals surface area contributed by atoms with Gasteiger partial charge in [0, 0.05) is 5.56 Å². The van der Waals surface area contributed by atoms with Gasteiger partial charge in [-0.2, -0.15) is 5.26 Å². The van der Waals surface area contributed by atoms with Crippen LogP contribution in [0.25, 0.3) is 11.3 Å². The first-order chi connectivity index (χ1) is 14.2. The minimum absolute atomic E-state index is 0.198. The Kier molecular flexibility index (Phi) is 6.25. The van der Waals surface area contributed by atoms with Crippen LogP contribution >= 0.6 is 22.9 Å². The van der Waals surface area contributed by atoms with Gasteiger partial charge < -0.3 is 14.6 Å². The van der Waals surface area contributed by atoms with Crippen molar-refractivity contribution in [2.45, 2.75) is 33.8 Å². The molecular formula is C21H18ClN3O4S. The summed E-state index contributed by atoms with van der Waals surface area (Å²) in [5.74, 6) is -0.763. The average Bonchev–Trinajstić information content (AvgIpc) is 3.21. The molecule has 0 saturated carbocycles. The number of halogens is 1. The smallest absolute Gasteiger partial charge is 0.348 e. The highest BCUT2D eigenvalue weighted by atomic mass is 35.5. The molecule has 0 aliphatic carbocycles. The maximum Gasteiger partial charge on any atom is 0.348 e. The number of esters is 1. The molecule has 0 fully saturated rings. The number of hydrogen-bond donors (Lipinski definition) is 1. The van der Waals surface area contributed by atoms with Gasteiger partial charge in [-0.15, -0.1) is 11.3 Å².